The highest BCUT2D eigenvalue weighted by atomic mass is 32.2. The van der Waals surface area contributed by atoms with E-state index >= 15 is 0 Å². The second-order valence-corrected chi connectivity index (χ2v) is 6.67. The van der Waals surface area contributed by atoms with E-state index in [1.165, 1.54) is 0 Å². The van der Waals surface area contributed by atoms with Crippen molar-refractivity contribution in [3.8, 4) is 0 Å². The number of pyridine rings is 1. The van der Waals surface area contributed by atoms with Crippen molar-refractivity contribution in [2.24, 2.45) is 0 Å². The Labute approximate surface area is 115 Å². The highest BCUT2D eigenvalue weighted by Crippen LogP contribution is 1.95. The Balaban J connectivity index is 2.20. The van der Waals surface area contributed by atoms with Crippen molar-refractivity contribution in [1.82, 2.24) is 15.0 Å². The average molecular weight is 285 g/mol. The third-order valence-electron chi connectivity index (χ3n) is 2.57. The molecular formula is C13H23N3O2S. The van der Waals surface area contributed by atoms with Crippen LogP contribution in [-0.2, 0) is 16.4 Å². The quantitative estimate of drug-likeness (QED) is 0.662. The minimum absolute atomic E-state index is 0.162. The Morgan fingerprint density at radius 3 is 2.68 bits per heavy atom. The number of nitrogens with one attached hydrogen (secondary N) is 2. The second kappa shape index (κ2) is 8.24. The normalized spacial score (nSPS) is 11.9. The fourth-order valence-corrected chi connectivity index (χ4v) is 2.69. The predicted molar refractivity (Wildman–Crippen MR) is 77.5 cm³/mol. The Bertz CT molecular complexity index is 446. The van der Waals surface area contributed by atoms with Crippen LogP contribution in [0.2, 0.25) is 0 Å². The Hall–Kier alpha value is -0.980. The molecule has 2 N–H and O–H groups in total. The van der Waals surface area contributed by atoms with Gasteiger partial charge in [-0.1, -0.05) is 19.9 Å². The van der Waals surface area contributed by atoms with Crippen LogP contribution in [0.1, 0.15) is 26.0 Å². The lowest BCUT2D eigenvalue weighted by Crippen LogP contribution is -2.31. The molecule has 1 aromatic rings. The third-order valence-corrected chi connectivity index (χ3v) is 4.04. The maximum atomic E-state index is 11.7. The van der Waals surface area contributed by atoms with Crippen molar-refractivity contribution >= 4 is 10.0 Å². The molecule has 0 radical (unpaired) electrons. The van der Waals surface area contributed by atoms with Gasteiger partial charge in [0.15, 0.2) is 0 Å². The van der Waals surface area contributed by atoms with E-state index in [1.54, 1.807) is 6.20 Å². The summed E-state index contributed by atoms with van der Waals surface area (Å²) in [5, 5.41) is 3.20. The van der Waals surface area contributed by atoms with Crippen LogP contribution in [-0.4, -0.2) is 38.3 Å². The van der Waals surface area contributed by atoms with Crippen LogP contribution in [0.15, 0.2) is 24.4 Å². The monoisotopic (exact) mass is 285 g/mol. The summed E-state index contributed by atoms with van der Waals surface area (Å²) in [6.45, 7) is 5.20. The standard InChI is InChI=1S/C13H23N3O2S/c1-12(2)14-9-5-11-19(17,18)16-10-7-13-6-3-4-8-15-13/h3-4,6,8,12,14,16H,5,7,9-11H2,1-2H3. The van der Waals surface area contributed by atoms with E-state index in [-0.39, 0.29) is 5.75 Å². The van der Waals surface area contributed by atoms with Gasteiger partial charge in [0.05, 0.1) is 5.75 Å². The van der Waals surface area contributed by atoms with E-state index in [9.17, 15) is 8.42 Å². The third kappa shape index (κ3) is 7.92. The first-order valence-corrected chi connectivity index (χ1v) is 8.25. The van der Waals surface area contributed by atoms with Gasteiger partial charge in [-0.25, -0.2) is 13.1 Å². The molecule has 1 heterocycles. The fourth-order valence-electron chi connectivity index (χ4n) is 1.61. The van der Waals surface area contributed by atoms with Crippen molar-refractivity contribution in [3.05, 3.63) is 30.1 Å². The molecule has 0 amide bonds. The first kappa shape index (κ1) is 16.1. The van der Waals surface area contributed by atoms with Gasteiger partial charge in [0.2, 0.25) is 10.0 Å². The molecule has 6 heteroatoms. The summed E-state index contributed by atoms with van der Waals surface area (Å²) in [6, 6.07) is 6.02. The van der Waals surface area contributed by atoms with Crippen LogP contribution < -0.4 is 10.0 Å². The van der Waals surface area contributed by atoms with Crippen LogP contribution in [0.3, 0.4) is 0 Å². The Morgan fingerprint density at radius 2 is 2.05 bits per heavy atom. The minimum Gasteiger partial charge on any atom is -0.314 e. The van der Waals surface area contributed by atoms with Gasteiger partial charge in [-0.05, 0) is 25.1 Å². The van der Waals surface area contributed by atoms with Crippen molar-refractivity contribution in [2.75, 3.05) is 18.8 Å². The van der Waals surface area contributed by atoms with E-state index < -0.39 is 10.0 Å². The number of aromatic nitrogens is 1. The smallest absolute Gasteiger partial charge is 0.211 e. The molecule has 1 rings (SSSR count). The lowest BCUT2D eigenvalue weighted by molar-refractivity contribution is 0.561. The maximum Gasteiger partial charge on any atom is 0.211 e. The molecule has 5 nitrogen and oxygen atoms in total. The number of sulfonamides is 1. The molecule has 0 aliphatic heterocycles. The summed E-state index contributed by atoms with van der Waals surface area (Å²) in [4.78, 5) is 4.15. The second-order valence-electron chi connectivity index (χ2n) is 4.75. The van der Waals surface area contributed by atoms with Crippen LogP contribution in [0.4, 0.5) is 0 Å². The molecule has 0 fully saturated rings. The molecule has 108 valence electrons. The average Bonchev–Trinajstić information content (AvgIpc) is 2.36. The van der Waals surface area contributed by atoms with Crippen molar-refractivity contribution in [1.29, 1.82) is 0 Å². The predicted octanol–water partition coefficient (Wildman–Crippen LogP) is 0.932. The van der Waals surface area contributed by atoms with Crippen LogP contribution in [0.25, 0.3) is 0 Å². The van der Waals surface area contributed by atoms with Crippen LogP contribution in [0, 0.1) is 0 Å². The first-order chi connectivity index (χ1) is 8.99. The van der Waals surface area contributed by atoms with Gasteiger partial charge >= 0.3 is 0 Å². The summed E-state index contributed by atoms with van der Waals surface area (Å²) < 4.78 is 26.0. The van der Waals surface area contributed by atoms with Gasteiger partial charge in [0, 0.05) is 30.9 Å². The molecule has 0 atom stereocenters. The highest BCUT2D eigenvalue weighted by molar-refractivity contribution is 7.89. The van der Waals surface area contributed by atoms with Crippen molar-refractivity contribution < 1.29 is 8.42 Å². The molecule has 0 saturated heterocycles. The lowest BCUT2D eigenvalue weighted by atomic mass is 10.3. The Kier molecular flexibility index (Phi) is 6.97. The molecule has 0 bridgehead atoms. The summed E-state index contributed by atoms with van der Waals surface area (Å²) in [6.07, 6.45) is 2.95. The largest absolute Gasteiger partial charge is 0.314 e. The van der Waals surface area contributed by atoms with Gasteiger partial charge in [0.1, 0.15) is 0 Å². The summed E-state index contributed by atoms with van der Waals surface area (Å²) in [7, 11) is -3.17. The van der Waals surface area contributed by atoms with Crippen molar-refractivity contribution in [3.63, 3.8) is 0 Å². The summed E-state index contributed by atoms with van der Waals surface area (Å²) in [5.41, 5.74) is 0.895. The first-order valence-electron chi connectivity index (χ1n) is 6.60. The molecule has 0 aliphatic carbocycles. The van der Waals surface area contributed by atoms with E-state index in [2.05, 4.69) is 15.0 Å². The van der Waals surface area contributed by atoms with Gasteiger partial charge < -0.3 is 5.32 Å². The molecule has 19 heavy (non-hydrogen) atoms. The van der Waals surface area contributed by atoms with E-state index in [0.29, 0.717) is 25.4 Å². The topological polar surface area (TPSA) is 71.1 Å². The SMILES string of the molecule is CC(C)NCCCS(=O)(=O)NCCc1ccccn1. The zero-order valence-corrected chi connectivity index (χ0v) is 12.4. The van der Waals surface area contributed by atoms with Crippen LogP contribution >= 0.6 is 0 Å². The number of hydrogen-bond acceptors (Lipinski definition) is 4. The van der Waals surface area contributed by atoms with E-state index in [4.69, 9.17) is 0 Å². The number of hydrogen-bond donors (Lipinski definition) is 2. The summed E-state index contributed by atoms with van der Waals surface area (Å²) in [5.74, 6) is 0.162. The molecule has 1 aromatic heterocycles. The molecular weight excluding hydrogens is 262 g/mol. The highest BCUT2D eigenvalue weighted by Gasteiger charge is 2.09. The number of rotatable bonds is 9. The Morgan fingerprint density at radius 1 is 1.26 bits per heavy atom. The molecule has 0 aromatic carbocycles. The van der Waals surface area contributed by atoms with E-state index in [1.807, 2.05) is 32.0 Å². The van der Waals surface area contributed by atoms with Gasteiger partial charge in [-0.15, -0.1) is 0 Å². The van der Waals surface area contributed by atoms with Gasteiger partial charge in [-0.3, -0.25) is 4.98 Å². The zero-order chi connectivity index (χ0) is 14.1. The molecule has 0 aliphatic rings. The lowest BCUT2D eigenvalue weighted by Gasteiger charge is -2.09. The molecule has 0 unspecified atom stereocenters. The molecule has 0 spiro atoms. The van der Waals surface area contributed by atoms with Crippen molar-refractivity contribution in [2.45, 2.75) is 32.7 Å². The van der Waals surface area contributed by atoms with Gasteiger partial charge in [-0.2, -0.15) is 0 Å². The van der Waals surface area contributed by atoms with Gasteiger partial charge in [0.25, 0.3) is 0 Å². The van der Waals surface area contributed by atoms with Crippen LogP contribution in [0.5, 0.6) is 0 Å². The zero-order valence-electron chi connectivity index (χ0n) is 11.6. The van der Waals surface area contributed by atoms with E-state index in [0.717, 1.165) is 12.2 Å². The molecule has 0 saturated carbocycles. The summed E-state index contributed by atoms with van der Waals surface area (Å²) >= 11 is 0. The number of nitrogens with zero attached hydrogens (tertiary/aromatic N) is 1. The maximum absolute atomic E-state index is 11.7. The fraction of sp³-hybridized carbons (Fsp3) is 0.615. The minimum atomic E-state index is -3.17.